The topological polar surface area (TPSA) is 64.2 Å². The zero-order valence-electron chi connectivity index (χ0n) is 18.1. The van der Waals surface area contributed by atoms with Gasteiger partial charge in [-0.1, -0.05) is 25.5 Å². The molecule has 2 N–H and O–H groups in total. The highest BCUT2D eigenvalue weighted by molar-refractivity contribution is 7.90. The van der Waals surface area contributed by atoms with Gasteiger partial charge in [-0.15, -0.1) is 4.72 Å². The van der Waals surface area contributed by atoms with Crippen molar-refractivity contribution in [3.63, 3.8) is 0 Å². The van der Waals surface area contributed by atoms with Crippen molar-refractivity contribution in [1.29, 1.82) is 0 Å². The number of unbranched alkanes of at least 4 members (excludes halogenated alkanes) is 1. The number of hydrogen-bond donors (Lipinski definition) is 2. The number of aryl methyl sites for hydroxylation is 1. The molecule has 1 fully saturated rings. The SMILES string of the molecule is CCCCc1ccc(C(=O)NCC2CCC(CN[S+]([O-])C(C)(C)C)CC2)cc1. The van der Waals surface area contributed by atoms with E-state index in [1.807, 2.05) is 32.9 Å². The summed E-state index contributed by atoms with van der Waals surface area (Å²) < 4.78 is 15.1. The van der Waals surface area contributed by atoms with Crippen molar-refractivity contribution in [2.45, 2.75) is 77.4 Å². The molecule has 0 saturated heterocycles. The molecular weight excluding hydrogens is 368 g/mol. The van der Waals surface area contributed by atoms with E-state index in [-0.39, 0.29) is 10.7 Å². The van der Waals surface area contributed by atoms with Crippen molar-refractivity contribution >= 4 is 17.3 Å². The van der Waals surface area contributed by atoms with Gasteiger partial charge >= 0.3 is 0 Å². The molecule has 1 aliphatic rings. The Hall–Kier alpha value is -1.04. The van der Waals surface area contributed by atoms with E-state index < -0.39 is 11.4 Å². The van der Waals surface area contributed by atoms with Crippen LogP contribution in [0.4, 0.5) is 0 Å². The Morgan fingerprint density at radius 2 is 1.64 bits per heavy atom. The molecule has 0 spiro atoms. The predicted octanol–water partition coefficient (Wildman–Crippen LogP) is 4.62. The maximum Gasteiger partial charge on any atom is 0.251 e. The summed E-state index contributed by atoms with van der Waals surface area (Å²) in [4.78, 5) is 12.4. The average molecular weight is 407 g/mol. The number of benzene rings is 1. The summed E-state index contributed by atoms with van der Waals surface area (Å²) in [5, 5.41) is 3.11. The van der Waals surface area contributed by atoms with E-state index in [0.717, 1.165) is 50.8 Å². The number of amides is 1. The Morgan fingerprint density at radius 1 is 1.07 bits per heavy atom. The van der Waals surface area contributed by atoms with Crippen LogP contribution in [0.15, 0.2) is 24.3 Å². The standard InChI is InChI=1S/C23H38N2O2S/c1-5-6-7-18-12-14-21(15-13-18)22(26)24-16-19-8-10-20(11-9-19)17-25-28(27)23(2,3)4/h12-15,19-20,25H,5-11,16-17H2,1-4H3,(H,24,26). The number of rotatable bonds is 9. The van der Waals surface area contributed by atoms with Gasteiger partial charge in [0.2, 0.25) is 0 Å². The van der Waals surface area contributed by atoms with E-state index in [4.69, 9.17) is 0 Å². The highest BCUT2D eigenvalue weighted by atomic mass is 32.2. The second-order valence-electron chi connectivity index (χ2n) is 9.13. The van der Waals surface area contributed by atoms with Gasteiger partial charge < -0.3 is 9.87 Å². The van der Waals surface area contributed by atoms with Gasteiger partial charge in [-0.25, -0.2) is 0 Å². The Morgan fingerprint density at radius 3 is 2.18 bits per heavy atom. The molecule has 1 amide bonds. The van der Waals surface area contributed by atoms with E-state index in [9.17, 15) is 9.35 Å². The van der Waals surface area contributed by atoms with Crippen LogP contribution >= 0.6 is 0 Å². The molecule has 1 aromatic carbocycles. The first-order valence-corrected chi connectivity index (χ1v) is 12.0. The van der Waals surface area contributed by atoms with Crippen LogP contribution in [0.5, 0.6) is 0 Å². The van der Waals surface area contributed by atoms with Crippen molar-refractivity contribution < 1.29 is 9.35 Å². The van der Waals surface area contributed by atoms with Gasteiger partial charge in [0.1, 0.15) is 4.75 Å². The van der Waals surface area contributed by atoms with Crippen molar-refractivity contribution in [3.8, 4) is 0 Å². The smallest absolute Gasteiger partial charge is 0.251 e. The van der Waals surface area contributed by atoms with Crippen molar-refractivity contribution in [2.75, 3.05) is 13.1 Å². The minimum atomic E-state index is -0.990. The monoisotopic (exact) mass is 406 g/mol. The summed E-state index contributed by atoms with van der Waals surface area (Å²) in [5.74, 6) is 1.18. The number of hydrogen-bond acceptors (Lipinski definition) is 3. The Balaban J connectivity index is 1.67. The molecule has 0 bridgehead atoms. The second-order valence-corrected chi connectivity index (χ2v) is 11.2. The van der Waals surface area contributed by atoms with Crippen LogP contribution in [0.1, 0.15) is 82.1 Å². The molecule has 1 saturated carbocycles. The average Bonchev–Trinajstić information content (AvgIpc) is 2.69. The molecule has 1 aliphatic carbocycles. The summed E-state index contributed by atoms with van der Waals surface area (Å²) in [6.45, 7) is 9.76. The molecule has 5 heteroatoms. The fraction of sp³-hybridized carbons (Fsp3) is 0.696. The lowest BCUT2D eigenvalue weighted by Gasteiger charge is -2.30. The molecule has 2 rings (SSSR count). The third kappa shape index (κ3) is 7.76. The number of nitrogens with one attached hydrogen (secondary N) is 2. The Labute approximate surface area is 174 Å². The summed E-state index contributed by atoms with van der Waals surface area (Å²) in [6.07, 6.45) is 8.00. The highest BCUT2D eigenvalue weighted by Crippen LogP contribution is 2.28. The van der Waals surface area contributed by atoms with Gasteiger partial charge in [0.25, 0.3) is 5.91 Å². The van der Waals surface area contributed by atoms with Gasteiger partial charge in [-0.2, -0.15) is 0 Å². The maximum atomic E-state index is 12.4. The third-order valence-electron chi connectivity index (χ3n) is 5.61. The zero-order chi connectivity index (χ0) is 20.6. The maximum absolute atomic E-state index is 12.4. The lowest BCUT2D eigenvalue weighted by atomic mass is 9.82. The van der Waals surface area contributed by atoms with Crippen molar-refractivity contribution in [1.82, 2.24) is 10.0 Å². The first-order valence-electron chi connectivity index (χ1n) is 10.8. The minimum absolute atomic E-state index is 0.0337. The molecule has 1 atom stereocenters. The lowest BCUT2D eigenvalue weighted by molar-refractivity contribution is 0.0941. The van der Waals surface area contributed by atoms with Gasteiger partial charge in [-0.05, 0) is 88.8 Å². The first-order chi connectivity index (χ1) is 13.3. The van der Waals surface area contributed by atoms with Crippen LogP contribution in [-0.2, 0) is 17.8 Å². The summed E-state index contributed by atoms with van der Waals surface area (Å²) in [7, 11) is 0. The van der Waals surface area contributed by atoms with Crippen LogP contribution in [0.3, 0.4) is 0 Å². The largest absolute Gasteiger partial charge is 0.598 e. The molecule has 0 aliphatic heterocycles. The molecular formula is C23H38N2O2S. The van der Waals surface area contributed by atoms with Crippen molar-refractivity contribution in [3.05, 3.63) is 35.4 Å². The molecule has 158 valence electrons. The molecule has 0 heterocycles. The second kappa shape index (κ2) is 11.2. The quantitative estimate of drug-likeness (QED) is 0.588. The van der Waals surface area contributed by atoms with Crippen LogP contribution in [0.2, 0.25) is 0 Å². The summed E-state index contributed by atoms with van der Waals surface area (Å²) in [5.41, 5.74) is 2.06. The fourth-order valence-electron chi connectivity index (χ4n) is 3.59. The number of carbonyl (C=O) groups excluding carboxylic acids is 1. The Bertz CT molecular complexity index is 590. The summed E-state index contributed by atoms with van der Waals surface area (Å²) >= 11 is -0.990. The Kier molecular flexibility index (Phi) is 9.32. The van der Waals surface area contributed by atoms with Crippen LogP contribution < -0.4 is 10.0 Å². The fourth-order valence-corrected chi connectivity index (χ4v) is 4.41. The van der Waals surface area contributed by atoms with Gasteiger partial charge in [0, 0.05) is 30.0 Å². The minimum Gasteiger partial charge on any atom is -0.598 e. The van der Waals surface area contributed by atoms with Gasteiger partial charge in [0.15, 0.2) is 0 Å². The molecule has 0 aromatic heterocycles. The molecule has 0 radical (unpaired) electrons. The highest BCUT2D eigenvalue weighted by Gasteiger charge is 2.28. The van der Waals surface area contributed by atoms with E-state index in [1.165, 1.54) is 18.4 Å². The van der Waals surface area contributed by atoms with E-state index in [0.29, 0.717) is 11.8 Å². The third-order valence-corrected chi connectivity index (χ3v) is 7.15. The molecule has 1 aromatic rings. The predicted molar refractivity (Wildman–Crippen MR) is 119 cm³/mol. The van der Waals surface area contributed by atoms with Crippen LogP contribution in [0, 0.1) is 11.8 Å². The van der Waals surface area contributed by atoms with Gasteiger partial charge in [0.05, 0.1) is 0 Å². The zero-order valence-corrected chi connectivity index (χ0v) is 18.9. The molecule has 28 heavy (non-hydrogen) atoms. The van der Waals surface area contributed by atoms with E-state index >= 15 is 0 Å². The van der Waals surface area contributed by atoms with E-state index in [2.05, 4.69) is 29.1 Å². The van der Waals surface area contributed by atoms with Crippen molar-refractivity contribution in [2.24, 2.45) is 11.8 Å². The van der Waals surface area contributed by atoms with Crippen LogP contribution in [-0.4, -0.2) is 28.3 Å². The first kappa shape index (κ1) is 23.2. The summed E-state index contributed by atoms with van der Waals surface area (Å²) in [6, 6.07) is 8.03. The number of carbonyl (C=O) groups is 1. The van der Waals surface area contributed by atoms with Gasteiger partial charge in [-0.3, -0.25) is 4.79 Å². The van der Waals surface area contributed by atoms with Crippen LogP contribution in [0.25, 0.3) is 0 Å². The molecule has 1 unspecified atom stereocenters. The molecule has 4 nitrogen and oxygen atoms in total. The normalized spacial score (nSPS) is 21.3. The van der Waals surface area contributed by atoms with E-state index in [1.54, 1.807) is 0 Å². The lowest BCUT2D eigenvalue weighted by Crippen LogP contribution is -2.42.